The summed E-state index contributed by atoms with van der Waals surface area (Å²) in [7, 11) is 0. The second-order valence-electron chi connectivity index (χ2n) is 4.07. The van der Waals surface area contributed by atoms with E-state index in [1.807, 2.05) is 0 Å². The Morgan fingerprint density at radius 2 is 1.85 bits per heavy atom. The second kappa shape index (κ2) is 7.28. The number of amides is 2. The lowest BCUT2D eigenvalue weighted by atomic mass is 10.1. The van der Waals surface area contributed by atoms with Crippen LogP contribution in [-0.2, 0) is 9.53 Å². The molecule has 0 unspecified atom stereocenters. The number of benzene rings is 1. The predicted molar refractivity (Wildman–Crippen MR) is 73.2 cm³/mol. The van der Waals surface area contributed by atoms with Crippen LogP contribution in [-0.4, -0.2) is 42.4 Å². The summed E-state index contributed by atoms with van der Waals surface area (Å²) in [6.07, 6.45) is 0. The molecule has 0 aromatic heterocycles. The van der Waals surface area contributed by atoms with Gasteiger partial charge in [-0.1, -0.05) is 6.07 Å². The van der Waals surface area contributed by atoms with Crippen LogP contribution in [0.4, 0.5) is 0 Å². The molecule has 0 aliphatic rings. The Hall–Kier alpha value is -2.37. The Kier molecular flexibility index (Phi) is 5.71. The average Bonchev–Trinajstić information content (AvgIpc) is 2.44. The van der Waals surface area contributed by atoms with E-state index in [0.29, 0.717) is 12.1 Å². The van der Waals surface area contributed by atoms with Crippen LogP contribution in [0.3, 0.4) is 0 Å². The van der Waals surface area contributed by atoms with Crippen molar-refractivity contribution in [2.45, 2.75) is 13.8 Å². The largest absolute Gasteiger partial charge is 0.465 e. The van der Waals surface area contributed by atoms with Gasteiger partial charge in [0.15, 0.2) is 0 Å². The molecule has 0 aliphatic carbocycles. The van der Waals surface area contributed by atoms with E-state index in [4.69, 9.17) is 10.5 Å². The van der Waals surface area contributed by atoms with Crippen LogP contribution in [0.2, 0.25) is 0 Å². The Morgan fingerprint density at radius 3 is 2.40 bits per heavy atom. The molecule has 0 saturated heterocycles. The quantitative estimate of drug-likeness (QED) is 0.780. The molecular weight excluding hydrogens is 260 g/mol. The van der Waals surface area contributed by atoms with Crippen molar-refractivity contribution in [2.24, 2.45) is 5.73 Å². The minimum atomic E-state index is -0.604. The van der Waals surface area contributed by atoms with Gasteiger partial charge in [-0.15, -0.1) is 0 Å². The zero-order valence-corrected chi connectivity index (χ0v) is 11.6. The molecule has 2 N–H and O–H groups in total. The molecule has 6 heteroatoms. The molecule has 1 aromatic rings. The highest BCUT2D eigenvalue weighted by Gasteiger charge is 2.18. The van der Waals surface area contributed by atoms with E-state index in [2.05, 4.69) is 0 Å². The van der Waals surface area contributed by atoms with E-state index < -0.39 is 11.9 Å². The van der Waals surface area contributed by atoms with Crippen LogP contribution in [0, 0.1) is 0 Å². The first kappa shape index (κ1) is 15.7. The van der Waals surface area contributed by atoms with Crippen LogP contribution >= 0.6 is 0 Å². The van der Waals surface area contributed by atoms with Crippen molar-refractivity contribution in [1.82, 2.24) is 4.90 Å². The summed E-state index contributed by atoms with van der Waals surface area (Å²) >= 11 is 0. The number of primary amides is 1. The maximum Gasteiger partial charge on any atom is 0.325 e. The van der Waals surface area contributed by atoms with Gasteiger partial charge in [0.2, 0.25) is 5.91 Å². The number of hydrogen-bond donors (Lipinski definition) is 1. The minimum absolute atomic E-state index is 0.121. The SMILES string of the molecule is CCOC(=O)CN(CC)C(=O)c1cccc(C(N)=O)c1. The smallest absolute Gasteiger partial charge is 0.325 e. The monoisotopic (exact) mass is 278 g/mol. The number of rotatable bonds is 6. The molecule has 0 bridgehead atoms. The molecule has 1 rings (SSSR count). The molecule has 0 saturated carbocycles. The third-order valence-corrected chi connectivity index (χ3v) is 2.69. The molecule has 20 heavy (non-hydrogen) atoms. The minimum Gasteiger partial charge on any atom is -0.465 e. The van der Waals surface area contributed by atoms with Crippen molar-refractivity contribution in [3.05, 3.63) is 35.4 Å². The van der Waals surface area contributed by atoms with Gasteiger partial charge in [-0.25, -0.2) is 0 Å². The van der Waals surface area contributed by atoms with Gasteiger partial charge in [-0.05, 0) is 32.0 Å². The lowest BCUT2D eigenvalue weighted by Crippen LogP contribution is -2.36. The lowest BCUT2D eigenvalue weighted by molar-refractivity contribution is -0.143. The first-order valence-electron chi connectivity index (χ1n) is 6.34. The Balaban J connectivity index is 2.88. The van der Waals surface area contributed by atoms with Crippen molar-refractivity contribution in [3.8, 4) is 0 Å². The number of ether oxygens (including phenoxy) is 1. The first-order valence-corrected chi connectivity index (χ1v) is 6.34. The number of hydrogen-bond acceptors (Lipinski definition) is 4. The van der Waals surface area contributed by atoms with E-state index in [0.717, 1.165) is 0 Å². The van der Waals surface area contributed by atoms with Gasteiger partial charge >= 0.3 is 5.97 Å². The second-order valence-corrected chi connectivity index (χ2v) is 4.07. The van der Waals surface area contributed by atoms with E-state index in [1.54, 1.807) is 26.0 Å². The van der Waals surface area contributed by atoms with Crippen LogP contribution < -0.4 is 5.73 Å². The van der Waals surface area contributed by atoms with E-state index in [1.165, 1.54) is 17.0 Å². The number of nitrogens with two attached hydrogens (primary N) is 1. The Labute approximate surface area is 117 Å². The zero-order chi connectivity index (χ0) is 15.1. The summed E-state index contributed by atoms with van der Waals surface area (Å²) in [6.45, 7) is 3.96. The van der Waals surface area contributed by atoms with Crippen molar-refractivity contribution in [1.29, 1.82) is 0 Å². The summed E-state index contributed by atoms with van der Waals surface area (Å²) in [6, 6.07) is 6.09. The van der Waals surface area contributed by atoms with Crippen LogP contribution in [0.1, 0.15) is 34.6 Å². The fourth-order valence-electron chi connectivity index (χ4n) is 1.68. The highest BCUT2D eigenvalue weighted by atomic mass is 16.5. The summed E-state index contributed by atoms with van der Waals surface area (Å²) in [4.78, 5) is 36.1. The van der Waals surface area contributed by atoms with Gasteiger partial charge in [0.25, 0.3) is 5.91 Å². The summed E-state index contributed by atoms with van der Waals surface area (Å²) in [5, 5.41) is 0. The van der Waals surface area contributed by atoms with Gasteiger partial charge in [0.1, 0.15) is 6.54 Å². The van der Waals surface area contributed by atoms with Gasteiger partial charge in [0, 0.05) is 17.7 Å². The highest BCUT2D eigenvalue weighted by molar-refractivity contribution is 5.99. The van der Waals surface area contributed by atoms with Crippen LogP contribution in [0.5, 0.6) is 0 Å². The standard InChI is InChI=1S/C14H18N2O4/c1-3-16(9-12(17)20-4-2)14(19)11-7-5-6-10(8-11)13(15)18/h5-8H,3-4,9H2,1-2H3,(H2,15,18). The van der Waals surface area contributed by atoms with Crippen molar-refractivity contribution < 1.29 is 19.1 Å². The van der Waals surface area contributed by atoms with Crippen molar-refractivity contribution in [2.75, 3.05) is 19.7 Å². The van der Waals surface area contributed by atoms with E-state index in [-0.39, 0.29) is 24.6 Å². The molecule has 0 fully saturated rings. The van der Waals surface area contributed by atoms with Gasteiger partial charge in [-0.2, -0.15) is 0 Å². The average molecular weight is 278 g/mol. The molecule has 108 valence electrons. The lowest BCUT2D eigenvalue weighted by Gasteiger charge is -2.19. The Bertz CT molecular complexity index is 514. The number of carbonyl (C=O) groups is 3. The number of nitrogens with zero attached hydrogens (tertiary/aromatic N) is 1. The first-order chi connectivity index (χ1) is 9.49. The van der Waals surface area contributed by atoms with E-state index >= 15 is 0 Å². The van der Waals surface area contributed by atoms with Crippen LogP contribution in [0.25, 0.3) is 0 Å². The summed E-state index contributed by atoms with van der Waals surface area (Å²) in [5.74, 6) is -1.41. The fourth-order valence-corrected chi connectivity index (χ4v) is 1.68. The molecule has 2 amide bonds. The normalized spacial score (nSPS) is 9.90. The molecule has 0 spiro atoms. The van der Waals surface area contributed by atoms with E-state index in [9.17, 15) is 14.4 Å². The number of carbonyl (C=O) groups excluding carboxylic acids is 3. The zero-order valence-electron chi connectivity index (χ0n) is 11.6. The molecule has 0 heterocycles. The number of esters is 1. The van der Waals surface area contributed by atoms with Crippen molar-refractivity contribution >= 4 is 17.8 Å². The van der Waals surface area contributed by atoms with Gasteiger partial charge in [-0.3, -0.25) is 14.4 Å². The third-order valence-electron chi connectivity index (χ3n) is 2.69. The number of likely N-dealkylation sites (N-methyl/N-ethyl adjacent to an activating group) is 1. The molecule has 6 nitrogen and oxygen atoms in total. The topological polar surface area (TPSA) is 89.7 Å². The molecule has 0 aliphatic heterocycles. The fraction of sp³-hybridized carbons (Fsp3) is 0.357. The van der Waals surface area contributed by atoms with Gasteiger partial charge in [0.05, 0.1) is 6.61 Å². The highest BCUT2D eigenvalue weighted by Crippen LogP contribution is 2.08. The molecule has 1 aromatic carbocycles. The molecule has 0 radical (unpaired) electrons. The van der Waals surface area contributed by atoms with Gasteiger partial charge < -0.3 is 15.4 Å². The maximum atomic E-state index is 12.3. The summed E-state index contributed by atoms with van der Waals surface area (Å²) in [5.41, 5.74) is 5.74. The Morgan fingerprint density at radius 1 is 1.20 bits per heavy atom. The molecule has 0 atom stereocenters. The van der Waals surface area contributed by atoms with Crippen LogP contribution in [0.15, 0.2) is 24.3 Å². The van der Waals surface area contributed by atoms with Crippen molar-refractivity contribution in [3.63, 3.8) is 0 Å². The summed E-state index contributed by atoms with van der Waals surface area (Å²) < 4.78 is 4.82. The predicted octanol–water partition coefficient (Wildman–Crippen LogP) is 0.811. The molecular formula is C14H18N2O4. The maximum absolute atomic E-state index is 12.3. The third kappa shape index (κ3) is 4.08.